The van der Waals surface area contributed by atoms with Crippen LogP contribution >= 0.6 is 0 Å². The van der Waals surface area contributed by atoms with Gasteiger partial charge in [-0.1, -0.05) is 30.3 Å². The van der Waals surface area contributed by atoms with Gasteiger partial charge >= 0.3 is 0 Å². The Balaban J connectivity index is 1.46. The molecule has 0 spiro atoms. The highest BCUT2D eigenvalue weighted by molar-refractivity contribution is 5.93. The molecule has 4 rings (SSSR count). The molecule has 30 heavy (non-hydrogen) atoms. The summed E-state index contributed by atoms with van der Waals surface area (Å²) in [5.74, 6) is 0.672. The van der Waals surface area contributed by atoms with E-state index in [-0.39, 0.29) is 18.1 Å². The molecule has 3 heterocycles. The number of benzene rings is 1. The zero-order valence-corrected chi connectivity index (χ0v) is 17.0. The highest BCUT2D eigenvalue weighted by Crippen LogP contribution is 2.21. The fourth-order valence-corrected chi connectivity index (χ4v) is 3.69. The quantitative estimate of drug-likeness (QED) is 0.668. The number of ether oxygens (including phenoxy) is 1. The minimum atomic E-state index is -0.567. The number of carbonyl (C=O) groups is 1. The van der Waals surface area contributed by atoms with E-state index < -0.39 is 6.04 Å². The van der Waals surface area contributed by atoms with E-state index in [9.17, 15) is 4.79 Å². The Labute approximate surface area is 175 Å². The summed E-state index contributed by atoms with van der Waals surface area (Å²) >= 11 is 0. The Hall–Kier alpha value is -3.33. The van der Waals surface area contributed by atoms with Crippen LogP contribution in [0.15, 0.2) is 55.0 Å². The van der Waals surface area contributed by atoms with Crippen molar-refractivity contribution in [1.82, 2.24) is 25.2 Å². The van der Waals surface area contributed by atoms with E-state index in [1.807, 2.05) is 42.5 Å². The van der Waals surface area contributed by atoms with Gasteiger partial charge in [0.15, 0.2) is 0 Å². The van der Waals surface area contributed by atoms with Crippen molar-refractivity contribution in [3.05, 3.63) is 60.6 Å². The molecule has 1 aromatic carbocycles. The predicted molar refractivity (Wildman–Crippen MR) is 112 cm³/mol. The normalized spacial score (nSPS) is 20.0. The third kappa shape index (κ3) is 4.80. The topological polar surface area (TPSA) is 98.1 Å². The zero-order chi connectivity index (χ0) is 20.9. The van der Waals surface area contributed by atoms with E-state index in [1.54, 1.807) is 6.20 Å². The van der Waals surface area contributed by atoms with Crippen LogP contribution < -0.4 is 10.2 Å². The molecular weight excluding hydrogens is 382 g/mol. The van der Waals surface area contributed by atoms with Gasteiger partial charge in [-0.05, 0) is 42.0 Å². The van der Waals surface area contributed by atoms with Crippen molar-refractivity contribution >= 4 is 17.4 Å². The number of hydrogen-bond donors (Lipinski definition) is 1. The molecule has 1 amide bonds. The number of carbonyl (C=O) groups excluding carboxylic acids is 1. The summed E-state index contributed by atoms with van der Waals surface area (Å²) in [4.78, 5) is 19.7. The zero-order valence-electron chi connectivity index (χ0n) is 17.0. The summed E-state index contributed by atoms with van der Waals surface area (Å²) in [7, 11) is 0. The molecule has 0 saturated carbocycles. The van der Waals surface area contributed by atoms with Crippen LogP contribution in [0.5, 0.6) is 0 Å². The summed E-state index contributed by atoms with van der Waals surface area (Å²) in [6.45, 7) is 5.70. The number of aromatic nitrogens is 5. The van der Waals surface area contributed by atoms with Crippen molar-refractivity contribution in [2.24, 2.45) is 0 Å². The van der Waals surface area contributed by atoms with Crippen molar-refractivity contribution in [2.45, 2.75) is 38.5 Å². The maximum atomic E-state index is 13.0. The second kappa shape index (κ2) is 9.00. The number of anilines is 2. The largest absolute Gasteiger partial charge is 0.372 e. The maximum absolute atomic E-state index is 13.0. The van der Waals surface area contributed by atoms with Gasteiger partial charge in [0.1, 0.15) is 18.2 Å². The van der Waals surface area contributed by atoms with E-state index in [4.69, 9.17) is 4.74 Å². The lowest BCUT2D eigenvalue weighted by molar-refractivity contribution is -0.119. The smallest absolute Gasteiger partial charge is 0.249 e. The highest BCUT2D eigenvalue weighted by atomic mass is 16.5. The number of morpholine rings is 1. The molecule has 3 unspecified atom stereocenters. The molecule has 1 aliphatic rings. The molecule has 1 aliphatic heterocycles. The number of nitrogens with zero attached hydrogens (tertiary/aromatic N) is 6. The first-order chi connectivity index (χ1) is 14.6. The van der Waals surface area contributed by atoms with Gasteiger partial charge in [0, 0.05) is 19.5 Å². The van der Waals surface area contributed by atoms with Gasteiger partial charge in [0.2, 0.25) is 5.91 Å². The number of hydrogen-bond acceptors (Lipinski definition) is 7. The third-order valence-corrected chi connectivity index (χ3v) is 5.02. The molecular formula is C21H25N7O2. The molecule has 1 fully saturated rings. The molecule has 0 aliphatic carbocycles. The minimum Gasteiger partial charge on any atom is -0.372 e. The SMILES string of the molecule is CC1CN(c2ccc(NC(=O)C(Cc3ccccc3)n3cnnn3)cn2)CC(C)O1. The van der Waals surface area contributed by atoms with Gasteiger partial charge in [0.05, 0.1) is 24.1 Å². The van der Waals surface area contributed by atoms with Gasteiger partial charge < -0.3 is 15.0 Å². The van der Waals surface area contributed by atoms with Crippen molar-refractivity contribution in [3.8, 4) is 0 Å². The molecule has 0 radical (unpaired) electrons. The molecule has 3 aromatic rings. The van der Waals surface area contributed by atoms with Crippen molar-refractivity contribution in [1.29, 1.82) is 0 Å². The minimum absolute atomic E-state index is 0.157. The predicted octanol–water partition coefficient (Wildman–Crippen LogP) is 2.10. The Morgan fingerprint density at radius 1 is 1.17 bits per heavy atom. The van der Waals surface area contributed by atoms with Crippen LogP contribution in [0, 0.1) is 0 Å². The highest BCUT2D eigenvalue weighted by Gasteiger charge is 2.24. The van der Waals surface area contributed by atoms with Gasteiger partial charge in [-0.2, -0.15) is 0 Å². The van der Waals surface area contributed by atoms with Crippen LogP contribution in [0.25, 0.3) is 0 Å². The maximum Gasteiger partial charge on any atom is 0.249 e. The number of rotatable bonds is 6. The molecule has 1 N–H and O–H groups in total. The number of nitrogens with one attached hydrogen (secondary N) is 1. The molecule has 1 saturated heterocycles. The summed E-state index contributed by atoms with van der Waals surface area (Å²) in [5, 5.41) is 14.2. The molecule has 9 heteroatoms. The second-order valence-electron chi connectivity index (χ2n) is 7.55. The first kappa shape index (κ1) is 20.0. The lowest BCUT2D eigenvalue weighted by Crippen LogP contribution is -2.45. The van der Waals surface area contributed by atoms with E-state index in [0.29, 0.717) is 12.1 Å². The van der Waals surface area contributed by atoms with E-state index in [0.717, 1.165) is 24.5 Å². The van der Waals surface area contributed by atoms with Crippen LogP contribution in [0.1, 0.15) is 25.5 Å². The number of amides is 1. The fourth-order valence-electron chi connectivity index (χ4n) is 3.69. The molecule has 2 aromatic heterocycles. The molecule has 9 nitrogen and oxygen atoms in total. The fraction of sp³-hybridized carbons (Fsp3) is 0.381. The summed E-state index contributed by atoms with van der Waals surface area (Å²) in [6.07, 6.45) is 3.93. The van der Waals surface area contributed by atoms with E-state index in [1.165, 1.54) is 11.0 Å². The monoisotopic (exact) mass is 407 g/mol. The Morgan fingerprint density at radius 3 is 2.57 bits per heavy atom. The lowest BCUT2D eigenvalue weighted by atomic mass is 10.1. The second-order valence-corrected chi connectivity index (χ2v) is 7.55. The van der Waals surface area contributed by atoms with Gasteiger partial charge in [-0.3, -0.25) is 4.79 Å². The van der Waals surface area contributed by atoms with Crippen LogP contribution in [0.3, 0.4) is 0 Å². The van der Waals surface area contributed by atoms with Crippen LogP contribution in [0.4, 0.5) is 11.5 Å². The Morgan fingerprint density at radius 2 is 1.93 bits per heavy atom. The molecule has 156 valence electrons. The summed E-state index contributed by atoms with van der Waals surface area (Å²) in [6, 6.07) is 13.0. The van der Waals surface area contributed by atoms with Gasteiger partial charge in [-0.25, -0.2) is 9.67 Å². The van der Waals surface area contributed by atoms with Crippen LogP contribution in [-0.2, 0) is 16.0 Å². The number of tetrazole rings is 1. The third-order valence-electron chi connectivity index (χ3n) is 5.02. The van der Waals surface area contributed by atoms with Crippen LogP contribution in [0.2, 0.25) is 0 Å². The van der Waals surface area contributed by atoms with E-state index in [2.05, 4.69) is 44.6 Å². The lowest BCUT2D eigenvalue weighted by Gasteiger charge is -2.36. The summed E-state index contributed by atoms with van der Waals surface area (Å²) < 4.78 is 7.25. The average molecular weight is 407 g/mol. The van der Waals surface area contributed by atoms with Crippen molar-refractivity contribution in [2.75, 3.05) is 23.3 Å². The molecule has 0 bridgehead atoms. The summed E-state index contributed by atoms with van der Waals surface area (Å²) in [5.41, 5.74) is 1.65. The number of pyridine rings is 1. The first-order valence-corrected chi connectivity index (χ1v) is 10.0. The van der Waals surface area contributed by atoms with Gasteiger partial charge in [-0.15, -0.1) is 5.10 Å². The van der Waals surface area contributed by atoms with Crippen LogP contribution in [-0.4, -0.2) is 56.4 Å². The standard InChI is InChI=1S/C21H25N7O2/c1-15-12-27(13-16(2)30-15)20-9-8-18(11-22-20)24-21(29)19(28-14-23-25-26-28)10-17-6-4-3-5-7-17/h3-9,11,14-16,19H,10,12-13H2,1-2H3,(H,24,29). The average Bonchev–Trinajstić information content (AvgIpc) is 3.27. The Kier molecular flexibility index (Phi) is 5.99. The van der Waals surface area contributed by atoms with Gasteiger partial charge in [0.25, 0.3) is 0 Å². The molecule has 3 atom stereocenters. The van der Waals surface area contributed by atoms with E-state index >= 15 is 0 Å². The Bertz CT molecular complexity index is 937. The van der Waals surface area contributed by atoms with Crippen molar-refractivity contribution < 1.29 is 9.53 Å². The first-order valence-electron chi connectivity index (χ1n) is 10.0. The van der Waals surface area contributed by atoms with Crippen molar-refractivity contribution in [3.63, 3.8) is 0 Å².